The van der Waals surface area contributed by atoms with Crippen LogP contribution in [-0.2, 0) is 4.79 Å². The quantitative estimate of drug-likeness (QED) is 0.161. The van der Waals surface area contributed by atoms with E-state index in [0.717, 1.165) is 17.9 Å². The molecule has 0 heterocycles. The highest BCUT2D eigenvalue weighted by Crippen LogP contribution is 2.16. The monoisotopic (exact) mass is 428 g/mol. The maximum Gasteiger partial charge on any atom is 0.250 e. The molecule has 31 heavy (non-hydrogen) atoms. The van der Waals surface area contributed by atoms with Gasteiger partial charge in [-0.1, -0.05) is 110 Å². The van der Waals surface area contributed by atoms with Gasteiger partial charge in [0.25, 0.3) is 5.91 Å². The molecule has 1 aromatic carbocycles. The summed E-state index contributed by atoms with van der Waals surface area (Å²) in [6, 6.07) is 7.88. The molecule has 1 aromatic rings. The molecule has 0 fully saturated rings. The lowest BCUT2D eigenvalue weighted by Gasteiger charge is -2.09. The number of anilines is 2. The van der Waals surface area contributed by atoms with E-state index in [1.807, 2.05) is 24.3 Å². The van der Waals surface area contributed by atoms with Crippen molar-refractivity contribution >= 4 is 17.3 Å². The van der Waals surface area contributed by atoms with Crippen molar-refractivity contribution in [1.29, 1.82) is 0 Å². The zero-order valence-electron chi connectivity index (χ0n) is 20.4. The summed E-state index contributed by atoms with van der Waals surface area (Å²) in [5.74, 6) is -0.131. The van der Waals surface area contributed by atoms with Crippen LogP contribution in [0.4, 0.5) is 11.4 Å². The van der Waals surface area contributed by atoms with Gasteiger partial charge in [-0.15, -0.1) is 0 Å². The summed E-state index contributed by atoms with van der Waals surface area (Å²) >= 11 is 0. The molecule has 2 N–H and O–H groups in total. The van der Waals surface area contributed by atoms with E-state index in [1.165, 1.54) is 103 Å². The predicted molar refractivity (Wildman–Crippen MR) is 138 cm³/mol. The average molecular weight is 429 g/mol. The van der Waals surface area contributed by atoms with Crippen molar-refractivity contribution in [2.24, 2.45) is 0 Å². The molecule has 0 aliphatic carbocycles. The number of hydrogen-bond acceptors (Lipinski definition) is 2. The minimum atomic E-state index is -0.131. The third kappa shape index (κ3) is 15.6. The van der Waals surface area contributed by atoms with Crippen LogP contribution < -0.4 is 10.6 Å². The Hall–Kier alpha value is -1.77. The Balaban J connectivity index is 1.86. The molecule has 1 rings (SSSR count). The van der Waals surface area contributed by atoms with Crippen LogP contribution in [0.5, 0.6) is 0 Å². The van der Waals surface area contributed by atoms with Crippen LogP contribution in [0.15, 0.2) is 36.4 Å². The maximum atomic E-state index is 11.6. The Bertz CT molecular complexity index is 579. The second-order valence-electron chi connectivity index (χ2n) is 9.04. The summed E-state index contributed by atoms with van der Waals surface area (Å²) in [6.07, 6.45) is 22.4. The fraction of sp³-hybridized carbons (Fsp3) is 0.679. The lowest BCUT2D eigenvalue weighted by Crippen LogP contribution is -2.11. The molecule has 0 aromatic heterocycles. The molecule has 176 valence electrons. The molecule has 0 unspecified atom stereocenters. The number of unbranched alkanes of at least 4 members (excludes halogenated alkanes) is 15. The lowest BCUT2D eigenvalue weighted by atomic mass is 10.0. The molecular formula is C28H48N2O. The van der Waals surface area contributed by atoms with E-state index in [0.29, 0.717) is 5.57 Å². The van der Waals surface area contributed by atoms with Gasteiger partial charge in [0.1, 0.15) is 0 Å². The van der Waals surface area contributed by atoms with Gasteiger partial charge in [0.2, 0.25) is 0 Å². The minimum Gasteiger partial charge on any atom is -0.385 e. The van der Waals surface area contributed by atoms with Gasteiger partial charge in [-0.25, -0.2) is 0 Å². The topological polar surface area (TPSA) is 41.1 Å². The van der Waals surface area contributed by atoms with E-state index in [9.17, 15) is 4.79 Å². The number of carbonyl (C=O) groups excluding carboxylic acids is 1. The van der Waals surface area contributed by atoms with Gasteiger partial charge in [0.05, 0.1) is 0 Å². The van der Waals surface area contributed by atoms with E-state index in [-0.39, 0.29) is 5.91 Å². The fourth-order valence-corrected chi connectivity index (χ4v) is 3.82. The van der Waals surface area contributed by atoms with Crippen LogP contribution in [0.25, 0.3) is 0 Å². The standard InChI is InChI=1S/C28H48N2O/c1-4-5-6-7-8-9-10-11-12-13-14-15-16-17-18-19-24-29-26-20-22-27(23-21-26)30-28(31)25(2)3/h20-23,29H,2,4-19,24H2,1,3H3,(H,30,31). The fourth-order valence-electron chi connectivity index (χ4n) is 3.82. The predicted octanol–water partition coefficient (Wildman–Crippen LogP) is 8.87. The molecular weight excluding hydrogens is 380 g/mol. The number of benzene rings is 1. The second kappa shape index (κ2) is 19.0. The SMILES string of the molecule is C=C(C)C(=O)Nc1ccc(NCCCCCCCCCCCCCCCCCC)cc1. The highest BCUT2D eigenvalue weighted by molar-refractivity contribution is 6.02. The first kappa shape index (κ1) is 27.3. The Morgan fingerprint density at radius 2 is 1.06 bits per heavy atom. The van der Waals surface area contributed by atoms with E-state index < -0.39 is 0 Å². The van der Waals surface area contributed by atoms with Crippen molar-refractivity contribution in [3.05, 3.63) is 36.4 Å². The first-order chi connectivity index (χ1) is 15.1. The van der Waals surface area contributed by atoms with Gasteiger partial charge in [-0.05, 0) is 37.6 Å². The average Bonchev–Trinajstić information content (AvgIpc) is 2.77. The normalized spacial score (nSPS) is 10.8. The zero-order valence-corrected chi connectivity index (χ0v) is 20.4. The van der Waals surface area contributed by atoms with E-state index >= 15 is 0 Å². The van der Waals surface area contributed by atoms with Gasteiger partial charge in [-0.2, -0.15) is 0 Å². The first-order valence-electron chi connectivity index (χ1n) is 12.9. The summed E-state index contributed by atoms with van der Waals surface area (Å²) in [5.41, 5.74) is 2.43. The molecule has 0 aliphatic rings. The summed E-state index contributed by atoms with van der Waals surface area (Å²) in [5, 5.41) is 6.30. The first-order valence-corrected chi connectivity index (χ1v) is 12.9. The van der Waals surface area contributed by atoms with Crippen molar-refractivity contribution in [3.8, 4) is 0 Å². The largest absolute Gasteiger partial charge is 0.385 e. The Morgan fingerprint density at radius 1 is 0.677 bits per heavy atom. The van der Waals surface area contributed by atoms with Gasteiger partial charge < -0.3 is 10.6 Å². The van der Waals surface area contributed by atoms with Crippen molar-refractivity contribution < 1.29 is 4.79 Å². The van der Waals surface area contributed by atoms with E-state index in [1.54, 1.807) is 6.92 Å². The number of carbonyl (C=O) groups is 1. The van der Waals surface area contributed by atoms with Crippen LogP contribution in [0.3, 0.4) is 0 Å². The van der Waals surface area contributed by atoms with Gasteiger partial charge >= 0.3 is 0 Å². The molecule has 0 aliphatic heterocycles. The summed E-state index contributed by atoms with van der Waals surface area (Å²) in [4.78, 5) is 11.6. The lowest BCUT2D eigenvalue weighted by molar-refractivity contribution is -0.112. The molecule has 3 heteroatoms. The Morgan fingerprint density at radius 3 is 1.48 bits per heavy atom. The molecule has 3 nitrogen and oxygen atoms in total. The van der Waals surface area contributed by atoms with Gasteiger partial charge in [0.15, 0.2) is 0 Å². The molecule has 0 spiro atoms. The van der Waals surface area contributed by atoms with Crippen molar-refractivity contribution in [1.82, 2.24) is 0 Å². The molecule has 0 saturated carbocycles. The summed E-state index contributed by atoms with van der Waals surface area (Å²) in [7, 11) is 0. The number of nitrogens with one attached hydrogen (secondary N) is 2. The van der Waals surface area contributed by atoms with Crippen LogP contribution in [0.1, 0.15) is 117 Å². The highest BCUT2D eigenvalue weighted by atomic mass is 16.1. The number of rotatable bonds is 20. The van der Waals surface area contributed by atoms with Crippen LogP contribution in [0.2, 0.25) is 0 Å². The van der Waals surface area contributed by atoms with Crippen molar-refractivity contribution in [3.63, 3.8) is 0 Å². The summed E-state index contributed by atoms with van der Waals surface area (Å²) < 4.78 is 0. The Kier molecular flexibility index (Phi) is 16.7. The molecule has 0 atom stereocenters. The van der Waals surface area contributed by atoms with Crippen molar-refractivity contribution in [2.45, 2.75) is 117 Å². The third-order valence-electron chi connectivity index (χ3n) is 5.89. The third-order valence-corrected chi connectivity index (χ3v) is 5.89. The summed E-state index contributed by atoms with van der Waals surface area (Å²) in [6.45, 7) is 8.66. The van der Waals surface area contributed by atoms with E-state index in [2.05, 4.69) is 24.1 Å². The number of hydrogen-bond donors (Lipinski definition) is 2. The van der Waals surface area contributed by atoms with Crippen LogP contribution in [0, 0.1) is 0 Å². The molecule has 0 bridgehead atoms. The van der Waals surface area contributed by atoms with Gasteiger partial charge in [0, 0.05) is 23.5 Å². The second-order valence-corrected chi connectivity index (χ2v) is 9.04. The highest BCUT2D eigenvalue weighted by Gasteiger charge is 2.02. The smallest absolute Gasteiger partial charge is 0.250 e. The zero-order chi connectivity index (χ0) is 22.6. The maximum absolute atomic E-state index is 11.6. The van der Waals surface area contributed by atoms with Gasteiger partial charge in [-0.3, -0.25) is 4.79 Å². The Labute approximate surface area is 192 Å². The van der Waals surface area contributed by atoms with Crippen LogP contribution >= 0.6 is 0 Å². The number of amides is 1. The minimum absolute atomic E-state index is 0.131. The molecule has 1 amide bonds. The van der Waals surface area contributed by atoms with Crippen LogP contribution in [-0.4, -0.2) is 12.5 Å². The van der Waals surface area contributed by atoms with E-state index in [4.69, 9.17) is 0 Å². The van der Waals surface area contributed by atoms with Crippen molar-refractivity contribution in [2.75, 3.05) is 17.2 Å². The molecule has 0 saturated heterocycles. The molecule has 0 radical (unpaired) electrons.